The summed E-state index contributed by atoms with van der Waals surface area (Å²) in [7, 11) is 0. The third-order valence-corrected chi connectivity index (χ3v) is 1.67. The number of ether oxygens (including phenoxy) is 1. The second-order valence-electron chi connectivity index (χ2n) is 3.13. The van der Waals surface area contributed by atoms with E-state index in [0.717, 1.165) is 0 Å². The number of hydrogen-bond donors (Lipinski definition) is 2. The van der Waals surface area contributed by atoms with Crippen LogP contribution in [0, 0.1) is 0 Å². The van der Waals surface area contributed by atoms with E-state index in [2.05, 4.69) is 10.5 Å². The molecule has 0 fully saturated rings. The van der Waals surface area contributed by atoms with E-state index < -0.39 is 43.4 Å². The smallest absolute Gasteiger partial charge is 0.368 e. The summed E-state index contributed by atoms with van der Waals surface area (Å²) >= 11 is 0. The van der Waals surface area contributed by atoms with E-state index >= 15 is 0 Å². The van der Waals surface area contributed by atoms with Crippen LogP contribution in [0.2, 0.25) is 0 Å². The van der Waals surface area contributed by atoms with E-state index in [0.29, 0.717) is 0 Å². The van der Waals surface area contributed by atoms with Gasteiger partial charge in [-0.1, -0.05) is 0 Å². The van der Waals surface area contributed by atoms with E-state index in [4.69, 9.17) is 5.73 Å². The molecular weight excluding hydrogens is 258 g/mol. The van der Waals surface area contributed by atoms with E-state index in [9.17, 15) is 31.1 Å². The van der Waals surface area contributed by atoms with Gasteiger partial charge in [-0.05, 0) is 6.42 Å². The van der Waals surface area contributed by atoms with Crippen LogP contribution in [0.3, 0.4) is 0 Å². The summed E-state index contributed by atoms with van der Waals surface area (Å²) in [5, 5.41) is 0. The Bertz CT molecular complexity index is 250. The van der Waals surface area contributed by atoms with Crippen molar-refractivity contribution in [1.29, 1.82) is 0 Å². The number of nitrogens with two attached hydrogens (primary N) is 2. The fourth-order valence-corrected chi connectivity index (χ4v) is 0.830. The average molecular weight is 268 g/mol. The summed E-state index contributed by atoms with van der Waals surface area (Å²) in [6.45, 7) is -0.978. The highest BCUT2D eigenvalue weighted by Crippen LogP contribution is 2.35. The maximum Gasteiger partial charge on any atom is 0.423 e. The number of amides is 1. The summed E-state index contributed by atoms with van der Waals surface area (Å²) in [5.41, 5.74) is 9.66. The fourth-order valence-electron chi connectivity index (χ4n) is 0.830. The number of carbonyl (C=O) groups excluding carboxylic acids is 1. The van der Waals surface area contributed by atoms with Crippen molar-refractivity contribution in [1.82, 2.24) is 0 Å². The van der Waals surface area contributed by atoms with Gasteiger partial charge in [-0.15, -0.1) is 0 Å². The highest BCUT2D eigenvalue weighted by Gasteiger charge is 2.57. The van der Waals surface area contributed by atoms with Crippen LogP contribution < -0.4 is 11.5 Å². The highest BCUT2D eigenvalue weighted by atomic mass is 19.4. The van der Waals surface area contributed by atoms with Crippen molar-refractivity contribution >= 4 is 5.91 Å². The van der Waals surface area contributed by atoms with Crippen molar-refractivity contribution in [2.45, 2.75) is 30.9 Å². The van der Waals surface area contributed by atoms with Crippen LogP contribution in [0.25, 0.3) is 0 Å². The molecule has 0 radical (unpaired) electrons. The molecule has 10 heteroatoms. The highest BCUT2D eigenvalue weighted by molar-refractivity contribution is 5.79. The molecular formula is C7H10F6N2O2. The molecule has 0 aromatic carbocycles. The molecule has 0 aliphatic carbocycles. The molecule has 0 spiro atoms. The zero-order chi connectivity index (χ0) is 13.9. The molecule has 1 amide bonds. The Hall–Kier alpha value is -1.03. The van der Waals surface area contributed by atoms with E-state index in [1.165, 1.54) is 0 Å². The number of carbonyl (C=O) groups is 1. The van der Waals surface area contributed by atoms with Gasteiger partial charge in [-0.3, -0.25) is 4.79 Å². The zero-order valence-electron chi connectivity index (χ0n) is 8.31. The van der Waals surface area contributed by atoms with Crippen LogP contribution >= 0.6 is 0 Å². The first-order chi connectivity index (χ1) is 7.46. The molecule has 0 saturated heterocycles. The molecule has 4 N–H and O–H groups in total. The number of primary amides is 1. The lowest BCUT2D eigenvalue weighted by Crippen LogP contribution is -2.45. The third-order valence-electron chi connectivity index (χ3n) is 1.67. The molecule has 0 aromatic heterocycles. The lowest BCUT2D eigenvalue weighted by Gasteiger charge is -2.23. The first kappa shape index (κ1) is 16.0. The summed E-state index contributed by atoms with van der Waals surface area (Å²) in [4.78, 5) is 10.4. The Morgan fingerprint density at radius 3 is 1.82 bits per heavy atom. The standard InChI is InChI=1S/C7H10F6N2O2/c8-6(9,10)5(7(11,12)13)17-2-1-3(14)4(15)16/h3,5H,1-2,14H2,(H2,15,16). The maximum absolute atomic E-state index is 11.9. The van der Waals surface area contributed by atoms with Gasteiger partial charge in [0.05, 0.1) is 6.04 Å². The molecule has 1 atom stereocenters. The van der Waals surface area contributed by atoms with E-state index in [1.807, 2.05) is 0 Å². The lowest BCUT2D eigenvalue weighted by molar-refractivity contribution is -0.321. The number of rotatable bonds is 5. The second-order valence-corrected chi connectivity index (χ2v) is 3.13. The first-order valence-electron chi connectivity index (χ1n) is 4.26. The van der Waals surface area contributed by atoms with Gasteiger partial charge in [-0.2, -0.15) is 26.3 Å². The lowest BCUT2D eigenvalue weighted by atomic mass is 10.2. The van der Waals surface area contributed by atoms with Crippen molar-refractivity contribution in [3.63, 3.8) is 0 Å². The molecule has 0 heterocycles. The van der Waals surface area contributed by atoms with Crippen LogP contribution in [0.1, 0.15) is 6.42 Å². The number of halogens is 6. The minimum Gasteiger partial charge on any atom is -0.368 e. The normalized spacial score (nSPS) is 15.1. The summed E-state index contributed by atoms with van der Waals surface area (Å²) in [6, 6.07) is -1.35. The second kappa shape index (κ2) is 5.54. The molecule has 0 aliphatic heterocycles. The minimum absolute atomic E-state index is 0.530. The monoisotopic (exact) mass is 268 g/mol. The van der Waals surface area contributed by atoms with Crippen molar-refractivity contribution in [3.8, 4) is 0 Å². The molecule has 0 aliphatic rings. The van der Waals surface area contributed by atoms with Gasteiger partial charge in [0, 0.05) is 6.61 Å². The van der Waals surface area contributed by atoms with Crippen molar-refractivity contribution in [2.75, 3.05) is 6.61 Å². The maximum atomic E-state index is 11.9. The molecule has 0 aromatic rings. The minimum atomic E-state index is -5.57. The zero-order valence-corrected chi connectivity index (χ0v) is 8.31. The van der Waals surface area contributed by atoms with Gasteiger partial charge in [0.15, 0.2) is 0 Å². The van der Waals surface area contributed by atoms with Gasteiger partial charge in [0.1, 0.15) is 0 Å². The predicted octanol–water partition coefficient (Wildman–Crippen LogP) is 0.699. The summed E-state index contributed by atoms with van der Waals surface area (Å²) in [6.07, 6.45) is -15.6. The van der Waals surface area contributed by atoms with Crippen LogP contribution in [-0.2, 0) is 9.53 Å². The van der Waals surface area contributed by atoms with Gasteiger partial charge < -0.3 is 16.2 Å². The van der Waals surface area contributed by atoms with Crippen molar-refractivity contribution in [3.05, 3.63) is 0 Å². The Morgan fingerprint density at radius 2 is 1.53 bits per heavy atom. The van der Waals surface area contributed by atoms with Crippen molar-refractivity contribution < 1.29 is 35.9 Å². The summed E-state index contributed by atoms with van der Waals surface area (Å²) < 4.78 is 75.2. The fraction of sp³-hybridized carbons (Fsp3) is 0.857. The SMILES string of the molecule is NC(=O)C(N)CCOC(C(F)(F)F)C(F)(F)F. The molecule has 17 heavy (non-hydrogen) atoms. The Kier molecular flexibility index (Phi) is 5.20. The Labute approximate surface area is 91.9 Å². The Morgan fingerprint density at radius 1 is 1.12 bits per heavy atom. The topological polar surface area (TPSA) is 78.3 Å². The van der Waals surface area contributed by atoms with E-state index in [-0.39, 0.29) is 0 Å². The Balaban J connectivity index is 4.35. The average Bonchev–Trinajstić information content (AvgIpc) is 2.07. The molecule has 1 unspecified atom stereocenters. The van der Waals surface area contributed by atoms with Crippen LogP contribution in [0.5, 0.6) is 0 Å². The first-order valence-corrected chi connectivity index (χ1v) is 4.26. The van der Waals surface area contributed by atoms with Gasteiger partial charge >= 0.3 is 12.4 Å². The van der Waals surface area contributed by atoms with Gasteiger partial charge in [-0.25, -0.2) is 0 Å². The predicted molar refractivity (Wildman–Crippen MR) is 43.6 cm³/mol. The molecule has 0 saturated carbocycles. The molecule has 0 rings (SSSR count). The van der Waals surface area contributed by atoms with Crippen molar-refractivity contribution in [2.24, 2.45) is 11.5 Å². The van der Waals surface area contributed by atoms with Crippen LogP contribution in [0.15, 0.2) is 0 Å². The van der Waals surface area contributed by atoms with Gasteiger partial charge in [0.25, 0.3) is 0 Å². The van der Waals surface area contributed by atoms with Crippen LogP contribution in [-0.4, -0.2) is 37.0 Å². The molecule has 102 valence electrons. The molecule has 0 bridgehead atoms. The largest absolute Gasteiger partial charge is 0.423 e. The molecule has 4 nitrogen and oxygen atoms in total. The quantitative estimate of drug-likeness (QED) is 0.720. The van der Waals surface area contributed by atoms with E-state index in [1.54, 1.807) is 0 Å². The summed E-state index contributed by atoms with van der Waals surface area (Å²) in [5.74, 6) is -1.04. The van der Waals surface area contributed by atoms with Crippen LogP contribution in [0.4, 0.5) is 26.3 Å². The number of hydrogen-bond acceptors (Lipinski definition) is 3. The number of alkyl halides is 6. The third kappa shape index (κ3) is 5.73. The van der Waals surface area contributed by atoms with Gasteiger partial charge in [0.2, 0.25) is 12.0 Å².